The van der Waals surface area contributed by atoms with Crippen molar-refractivity contribution in [2.24, 2.45) is 0 Å². The van der Waals surface area contributed by atoms with Crippen LogP contribution in [0.1, 0.15) is 30.9 Å². The number of para-hydroxylation sites is 1. The molecule has 0 unspecified atom stereocenters. The van der Waals surface area contributed by atoms with Gasteiger partial charge in [-0.05, 0) is 35.3 Å². The summed E-state index contributed by atoms with van der Waals surface area (Å²) < 4.78 is 4.92. The number of ether oxygens (including phenoxy) is 1. The Balaban J connectivity index is 1.81. The van der Waals surface area contributed by atoms with Gasteiger partial charge in [0.1, 0.15) is 0 Å². The zero-order valence-electron chi connectivity index (χ0n) is 14.2. The molecular weight excluding hydrogens is 338 g/mol. The molecule has 1 N–H and O–H groups in total. The van der Waals surface area contributed by atoms with E-state index in [1.165, 1.54) is 11.6 Å². The van der Waals surface area contributed by atoms with Gasteiger partial charge in [-0.3, -0.25) is 4.79 Å². The smallest absolute Gasteiger partial charge is 0.331 e. The molecule has 0 spiro atoms. The lowest BCUT2D eigenvalue weighted by Gasteiger charge is -2.07. The molecule has 130 valence electrons. The fraction of sp³-hybridized carbons (Fsp3) is 0.200. The van der Waals surface area contributed by atoms with E-state index in [0.717, 1.165) is 5.56 Å². The lowest BCUT2D eigenvalue weighted by Crippen LogP contribution is -2.20. The van der Waals surface area contributed by atoms with Gasteiger partial charge in [0, 0.05) is 6.08 Å². The molecule has 25 heavy (non-hydrogen) atoms. The van der Waals surface area contributed by atoms with Gasteiger partial charge >= 0.3 is 5.97 Å². The Labute approximate surface area is 152 Å². The minimum atomic E-state index is -0.581. The maximum Gasteiger partial charge on any atom is 0.331 e. The van der Waals surface area contributed by atoms with Crippen molar-refractivity contribution < 1.29 is 14.3 Å². The van der Waals surface area contributed by atoms with Gasteiger partial charge in [0.25, 0.3) is 5.91 Å². The molecule has 2 rings (SSSR count). The van der Waals surface area contributed by atoms with E-state index in [1.54, 1.807) is 30.3 Å². The highest BCUT2D eigenvalue weighted by atomic mass is 35.5. The second-order valence-corrected chi connectivity index (χ2v) is 6.20. The van der Waals surface area contributed by atoms with Crippen molar-refractivity contribution in [1.82, 2.24) is 0 Å². The maximum atomic E-state index is 11.8. The lowest BCUT2D eigenvalue weighted by molar-refractivity contribution is -0.142. The third-order valence-electron chi connectivity index (χ3n) is 3.51. The van der Waals surface area contributed by atoms with E-state index in [1.807, 2.05) is 24.3 Å². The van der Waals surface area contributed by atoms with E-state index < -0.39 is 11.9 Å². The summed E-state index contributed by atoms with van der Waals surface area (Å²) in [5.41, 5.74) is 2.60. The Morgan fingerprint density at radius 1 is 1.12 bits per heavy atom. The van der Waals surface area contributed by atoms with E-state index in [0.29, 0.717) is 16.6 Å². The second-order valence-electron chi connectivity index (χ2n) is 5.79. The van der Waals surface area contributed by atoms with Gasteiger partial charge in [-0.2, -0.15) is 0 Å². The van der Waals surface area contributed by atoms with Gasteiger partial charge in [0.15, 0.2) is 6.61 Å². The Morgan fingerprint density at radius 3 is 2.44 bits per heavy atom. The molecule has 1 amide bonds. The molecule has 0 heterocycles. The van der Waals surface area contributed by atoms with Gasteiger partial charge in [-0.1, -0.05) is 61.8 Å². The van der Waals surface area contributed by atoms with Crippen molar-refractivity contribution in [1.29, 1.82) is 0 Å². The standard InChI is InChI=1S/C20H20ClNO3/c1-14(2)16-10-7-15(8-11-16)9-12-20(24)25-13-19(23)22-18-6-4-3-5-17(18)21/h3-12,14H,13H2,1-2H3,(H,22,23)/b12-9+. The first-order valence-corrected chi connectivity index (χ1v) is 8.32. The van der Waals surface area contributed by atoms with Gasteiger partial charge in [-0.15, -0.1) is 0 Å². The minimum Gasteiger partial charge on any atom is -0.452 e. The number of rotatable bonds is 6. The van der Waals surface area contributed by atoms with Crippen LogP contribution in [0.4, 0.5) is 5.69 Å². The summed E-state index contributed by atoms with van der Waals surface area (Å²) in [6.07, 6.45) is 2.95. The lowest BCUT2D eigenvalue weighted by atomic mass is 10.0. The normalized spacial score (nSPS) is 10.9. The van der Waals surface area contributed by atoms with Gasteiger partial charge in [0.2, 0.25) is 0 Å². The molecule has 0 radical (unpaired) electrons. The van der Waals surface area contributed by atoms with Crippen LogP contribution in [-0.2, 0) is 14.3 Å². The van der Waals surface area contributed by atoms with Crippen LogP contribution in [0.5, 0.6) is 0 Å². The van der Waals surface area contributed by atoms with E-state index in [4.69, 9.17) is 16.3 Å². The fourth-order valence-electron chi connectivity index (χ4n) is 2.09. The first kappa shape index (κ1) is 18.7. The first-order chi connectivity index (χ1) is 12.0. The highest BCUT2D eigenvalue weighted by Gasteiger charge is 2.07. The number of esters is 1. The molecule has 0 aliphatic rings. The molecule has 5 heteroatoms. The molecule has 0 aliphatic heterocycles. The van der Waals surface area contributed by atoms with E-state index >= 15 is 0 Å². The van der Waals surface area contributed by atoms with Crippen molar-refractivity contribution in [2.45, 2.75) is 19.8 Å². The van der Waals surface area contributed by atoms with Crippen LogP contribution in [0.25, 0.3) is 6.08 Å². The second kappa shape index (κ2) is 9.04. The first-order valence-electron chi connectivity index (χ1n) is 7.95. The van der Waals surface area contributed by atoms with Crippen molar-refractivity contribution >= 4 is 35.2 Å². The number of nitrogens with one attached hydrogen (secondary N) is 1. The molecule has 2 aromatic carbocycles. The molecule has 2 aromatic rings. The predicted octanol–water partition coefficient (Wildman–Crippen LogP) is 4.66. The average Bonchev–Trinajstić information content (AvgIpc) is 2.60. The van der Waals surface area contributed by atoms with Gasteiger partial charge in [0.05, 0.1) is 10.7 Å². The van der Waals surface area contributed by atoms with Crippen molar-refractivity contribution in [2.75, 3.05) is 11.9 Å². The number of amides is 1. The van der Waals surface area contributed by atoms with E-state index in [2.05, 4.69) is 19.2 Å². The number of hydrogen-bond acceptors (Lipinski definition) is 3. The molecule has 4 nitrogen and oxygen atoms in total. The maximum absolute atomic E-state index is 11.8. The molecule has 0 saturated heterocycles. The number of anilines is 1. The molecule has 0 aromatic heterocycles. The van der Waals surface area contributed by atoms with Crippen LogP contribution in [0.15, 0.2) is 54.6 Å². The molecule has 0 saturated carbocycles. The fourth-order valence-corrected chi connectivity index (χ4v) is 2.27. The summed E-state index contributed by atoms with van der Waals surface area (Å²) in [7, 11) is 0. The highest BCUT2D eigenvalue weighted by molar-refractivity contribution is 6.33. The van der Waals surface area contributed by atoms with Crippen molar-refractivity contribution in [3.8, 4) is 0 Å². The quantitative estimate of drug-likeness (QED) is 0.604. The van der Waals surface area contributed by atoms with Crippen LogP contribution in [0.2, 0.25) is 5.02 Å². The zero-order valence-corrected chi connectivity index (χ0v) is 14.9. The van der Waals surface area contributed by atoms with Crippen LogP contribution in [0.3, 0.4) is 0 Å². The summed E-state index contributed by atoms with van der Waals surface area (Å²) in [4.78, 5) is 23.5. The number of carbonyl (C=O) groups is 2. The van der Waals surface area contributed by atoms with E-state index in [9.17, 15) is 9.59 Å². The average molecular weight is 358 g/mol. The molecule has 0 atom stereocenters. The molecule has 0 aliphatic carbocycles. The number of carbonyl (C=O) groups excluding carboxylic acids is 2. The van der Waals surface area contributed by atoms with Crippen molar-refractivity contribution in [3.05, 3.63) is 70.8 Å². The number of benzene rings is 2. The molecule has 0 bridgehead atoms. The van der Waals surface area contributed by atoms with Gasteiger partial charge < -0.3 is 10.1 Å². The Hall–Kier alpha value is -2.59. The summed E-state index contributed by atoms with van der Waals surface area (Å²) in [5.74, 6) is -0.571. The van der Waals surface area contributed by atoms with Crippen molar-refractivity contribution in [3.63, 3.8) is 0 Å². The van der Waals surface area contributed by atoms with Crippen LogP contribution < -0.4 is 5.32 Å². The Kier molecular flexibility index (Phi) is 6.78. The predicted molar refractivity (Wildman–Crippen MR) is 101 cm³/mol. The van der Waals surface area contributed by atoms with Crippen LogP contribution >= 0.6 is 11.6 Å². The molecular formula is C20H20ClNO3. The zero-order chi connectivity index (χ0) is 18.2. The number of halogens is 1. The Morgan fingerprint density at radius 2 is 1.80 bits per heavy atom. The SMILES string of the molecule is CC(C)c1ccc(/C=C/C(=O)OCC(=O)Nc2ccccc2Cl)cc1. The van der Waals surface area contributed by atoms with E-state index in [-0.39, 0.29) is 6.61 Å². The number of hydrogen-bond donors (Lipinski definition) is 1. The highest BCUT2D eigenvalue weighted by Crippen LogP contribution is 2.20. The summed E-state index contributed by atoms with van der Waals surface area (Å²) >= 11 is 5.95. The molecule has 0 fully saturated rings. The monoisotopic (exact) mass is 357 g/mol. The largest absolute Gasteiger partial charge is 0.452 e. The summed E-state index contributed by atoms with van der Waals surface area (Å²) in [6, 6.07) is 14.8. The van der Waals surface area contributed by atoms with Gasteiger partial charge in [-0.25, -0.2) is 4.79 Å². The van der Waals surface area contributed by atoms with Crippen LogP contribution in [0, 0.1) is 0 Å². The topological polar surface area (TPSA) is 55.4 Å². The Bertz CT molecular complexity index is 767. The third-order valence-corrected chi connectivity index (χ3v) is 3.84. The third kappa shape index (κ3) is 6.08. The van der Waals surface area contributed by atoms with Crippen LogP contribution in [-0.4, -0.2) is 18.5 Å². The minimum absolute atomic E-state index is 0.374. The summed E-state index contributed by atoms with van der Waals surface area (Å²) in [6.45, 7) is 3.87. The summed E-state index contributed by atoms with van der Waals surface area (Å²) in [5, 5.41) is 3.01.